The Labute approximate surface area is 168 Å². The Morgan fingerprint density at radius 2 is 1.68 bits per heavy atom. The Kier molecular flexibility index (Phi) is 4.78. The van der Waals surface area contributed by atoms with Crippen LogP contribution in [0.3, 0.4) is 0 Å². The average Bonchev–Trinajstić information content (AvgIpc) is 3.09. The normalized spacial score (nSPS) is 11.6. The summed E-state index contributed by atoms with van der Waals surface area (Å²) in [5.74, 6) is 0.619. The standard InChI is InChI=1S/C20H17ClN4O2S/c1-15-22-23-20-19(8-5-13-24(15)20)28(26,27)25(14-16-6-3-2-4-7-16)18-11-9-17(21)10-12-18/h2-13H,14H2,1H3. The monoisotopic (exact) mass is 412 g/mol. The molecule has 0 bridgehead atoms. The van der Waals surface area contributed by atoms with Crippen molar-refractivity contribution in [3.63, 3.8) is 0 Å². The highest BCUT2D eigenvalue weighted by Crippen LogP contribution is 2.29. The summed E-state index contributed by atoms with van der Waals surface area (Å²) in [7, 11) is -3.91. The van der Waals surface area contributed by atoms with E-state index >= 15 is 0 Å². The second-order valence-corrected chi connectivity index (χ2v) is 8.55. The van der Waals surface area contributed by atoms with E-state index < -0.39 is 10.0 Å². The van der Waals surface area contributed by atoms with Gasteiger partial charge in [0.1, 0.15) is 10.7 Å². The molecule has 0 amide bonds. The number of benzene rings is 2. The number of rotatable bonds is 5. The molecule has 0 radical (unpaired) electrons. The molecule has 0 aliphatic heterocycles. The van der Waals surface area contributed by atoms with E-state index in [0.29, 0.717) is 22.2 Å². The van der Waals surface area contributed by atoms with Crippen molar-refractivity contribution in [2.24, 2.45) is 0 Å². The minimum atomic E-state index is -3.91. The lowest BCUT2D eigenvalue weighted by molar-refractivity contribution is 0.590. The summed E-state index contributed by atoms with van der Waals surface area (Å²) < 4.78 is 30.3. The van der Waals surface area contributed by atoms with Crippen LogP contribution in [0.2, 0.25) is 5.02 Å². The third kappa shape index (κ3) is 3.34. The fourth-order valence-electron chi connectivity index (χ4n) is 3.00. The molecule has 2 aromatic heterocycles. The van der Waals surface area contributed by atoms with Crippen LogP contribution in [0.15, 0.2) is 77.8 Å². The third-order valence-electron chi connectivity index (χ3n) is 4.42. The topological polar surface area (TPSA) is 67.6 Å². The van der Waals surface area contributed by atoms with E-state index in [0.717, 1.165) is 5.56 Å². The number of hydrogen-bond donors (Lipinski definition) is 0. The van der Waals surface area contributed by atoms with E-state index in [2.05, 4.69) is 10.2 Å². The van der Waals surface area contributed by atoms with Crippen LogP contribution in [0, 0.1) is 6.92 Å². The van der Waals surface area contributed by atoms with Gasteiger partial charge in [0.15, 0.2) is 5.65 Å². The molecule has 0 fully saturated rings. The van der Waals surface area contributed by atoms with Crippen molar-refractivity contribution in [1.82, 2.24) is 14.6 Å². The molecule has 0 aliphatic carbocycles. The van der Waals surface area contributed by atoms with Crippen molar-refractivity contribution >= 4 is 33.0 Å². The van der Waals surface area contributed by atoms with E-state index in [9.17, 15) is 8.42 Å². The van der Waals surface area contributed by atoms with Crippen LogP contribution in [0.25, 0.3) is 5.65 Å². The number of aryl methyl sites for hydroxylation is 1. The number of nitrogens with zero attached hydrogens (tertiary/aromatic N) is 4. The minimum Gasteiger partial charge on any atom is -0.286 e. The first-order valence-corrected chi connectivity index (χ1v) is 10.4. The minimum absolute atomic E-state index is 0.0986. The van der Waals surface area contributed by atoms with Crippen molar-refractivity contribution in [2.45, 2.75) is 18.4 Å². The van der Waals surface area contributed by atoms with Gasteiger partial charge in [-0.05, 0) is 48.9 Å². The van der Waals surface area contributed by atoms with Gasteiger partial charge < -0.3 is 0 Å². The van der Waals surface area contributed by atoms with E-state index in [1.54, 1.807) is 53.9 Å². The first kappa shape index (κ1) is 18.5. The molecule has 0 saturated carbocycles. The first-order valence-electron chi connectivity index (χ1n) is 8.59. The van der Waals surface area contributed by atoms with Crippen molar-refractivity contribution < 1.29 is 8.42 Å². The molecule has 6 nitrogen and oxygen atoms in total. The van der Waals surface area contributed by atoms with E-state index in [4.69, 9.17) is 11.6 Å². The van der Waals surface area contributed by atoms with Crippen molar-refractivity contribution in [3.8, 4) is 0 Å². The lowest BCUT2D eigenvalue weighted by Crippen LogP contribution is -2.31. The molecule has 0 aliphatic rings. The predicted octanol–water partition coefficient (Wildman–Crippen LogP) is 4.09. The highest BCUT2D eigenvalue weighted by Gasteiger charge is 2.28. The largest absolute Gasteiger partial charge is 0.286 e. The molecule has 0 unspecified atom stereocenters. The number of hydrogen-bond acceptors (Lipinski definition) is 4. The summed E-state index contributed by atoms with van der Waals surface area (Å²) in [6, 6.07) is 19.4. The van der Waals surface area contributed by atoms with Crippen molar-refractivity contribution in [3.05, 3.63) is 89.3 Å². The van der Waals surface area contributed by atoms with Gasteiger partial charge in [0.05, 0.1) is 12.2 Å². The maximum atomic E-state index is 13.7. The molecule has 4 aromatic rings. The van der Waals surface area contributed by atoms with Crippen LogP contribution in [0.4, 0.5) is 5.69 Å². The van der Waals surface area contributed by atoms with Gasteiger partial charge in [-0.3, -0.25) is 8.71 Å². The molecule has 0 spiro atoms. The highest BCUT2D eigenvalue weighted by atomic mass is 35.5. The zero-order valence-corrected chi connectivity index (χ0v) is 16.6. The fraction of sp³-hybridized carbons (Fsp3) is 0.100. The van der Waals surface area contributed by atoms with E-state index in [1.807, 2.05) is 30.3 Å². The Morgan fingerprint density at radius 3 is 2.39 bits per heavy atom. The molecule has 0 saturated heterocycles. The Bertz CT molecular complexity index is 1220. The molecule has 0 N–H and O–H groups in total. The molecule has 8 heteroatoms. The Balaban J connectivity index is 1.87. The molecule has 4 rings (SSSR count). The van der Waals surface area contributed by atoms with Gasteiger partial charge in [-0.2, -0.15) is 0 Å². The lowest BCUT2D eigenvalue weighted by Gasteiger charge is -2.25. The Morgan fingerprint density at radius 1 is 0.964 bits per heavy atom. The van der Waals surface area contributed by atoms with Gasteiger partial charge in [-0.15, -0.1) is 10.2 Å². The SMILES string of the molecule is Cc1nnc2c(S(=O)(=O)N(Cc3ccccc3)c3ccc(Cl)cc3)cccn12. The van der Waals surface area contributed by atoms with Gasteiger partial charge >= 0.3 is 0 Å². The maximum absolute atomic E-state index is 13.7. The zero-order valence-electron chi connectivity index (χ0n) is 15.0. The number of halogens is 1. The summed E-state index contributed by atoms with van der Waals surface area (Å²) in [4.78, 5) is 0.0986. The van der Waals surface area contributed by atoms with Crippen LogP contribution in [0.1, 0.15) is 11.4 Å². The number of aromatic nitrogens is 3. The number of fused-ring (bicyclic) bond motifs is 1. The van der Waals surface area contributed by atoms with Crippen molar-refractivity contribution in [2.75, 3.05) is 4.31 Å². The van der Waals surface area contributed by atoms with Gasteiger partial charge in [-0.25, -0.2) is 8.42 Å². The van der Waals surface area contributed by atoms with Crippen LogP contribution >= 0.6 is 11.6 Å². The first-order chi connectivity index (χ1) is 13.5. The molecule has 0 atom stereocenters. The van der Waals surface area contributed by atoms with Crippen molar-refractivity contribution in [1.29, 1.82) is 0 Å². The second-order valence-electron chi connectivity index (χ2n) is 6.29. The predicted molar refractivity (Wildman–Crippen MR) is 109 cm³/mol. The zero-order chi connectivity index (χ0) is 19.7. The van der Waals surface area contributed by atoms with Gasteiger partial charge in [0.2, 0.25) is 0 Å². The smallest absolute Gasteiger partial charge is 0.268 e. The number of pyridine rings is 1. The fourth-order valence-corrected chi connectivity index (χ4v) is 4.70. The van der Waals surface area contributed by atoms with Crippen LogP contribution < -0.4 is 4.31 Å². The Hall–Kier alpha value is -2.90. The van der Waals surface area contributed by atoms with Crippen LogP contribution in [-0.2, 0) is 16.6 Å². The molecule has 2 heterocycles. The summed E-state index contributed by atoms with van der Waals surface area (Å²) in [5, 5.41) is 8.62. The van der Waals surface area contributed by atoms with Crippen LogP contribution in [-0.4, -0.2) is 23.0 Å². The third-order valence-corrected chi connectivity index (χ3v) is 6.47. The molecule has 142 valence electrons. The van der Waals surface area contributed by atoms with Gasteiger partial charge in [0.25, 0.3) is 10.0 Å². The quantitative estimate of drug-likeness (QED) is 0.495. The summed E-state index contributed by atoms with van der Waals surface area (Å²) in [5.41, 5.74) is 1.68. The second kappa shape index (κ2) is 7.26. The van der Waals surface area contributed by atoms with Crippen LogP contribution in [0.5, 0.6) is 0 Å². The van der Waals surface area contributed by atoms with E-state index in [1.165, 1.54) is 4.31 Å². The summed E-state index contributed by atoms with van der Waals surface area (Å²) in [6.07, 6.45) is 1.74. The number of anilines is 1. The van der Waals surface area contributed by atoms with E-state index in [-0.39, 0.29) is 11.4 Å². The van der Waals surface area contributed by atoms with Gasteiger partial charge in [-0.1, -0.05) is 41.9 Å². The molecular weight excluding hydrogens is 396 g/mol. The molecule has 28 heavy (non-hydrogen) atoms. The lowest BCUT2D eigenvalue weighted by atomic mass is 10.2. The molecule has 2 aromatic carbocycles. The summed E-state index contributed by atoms with van der Waals surface area (Å²) in [6.45, 7) is 1.95. The summed E-state index contributed by atoms with van der Waals surface area (Å²) >= 11 is 6.00. The average molecular weight is 413 g/mol. The number of sulfonamides is 1. The highest BCUT2D eigenvalue weighted by molar-refractivity contribution is 7.93. The van der Waals surface area contributed by atoms with Gasteiger partial charge in [0, 0.05) is 11.2 Å². The maximum Gasteiger partial charge on any atom is 0.268 e. The molecular formula is C20H17ClN4O2S.